The topological polar surface area (TPSA) is 58.4 Å². The van der Waals surface area contributed by atoms with Crippen LogP contribution in [0.3, 0.4) is 0 Å². The van der Waals surface area contributed by atoms with Gasteiger partial charge in [-0.25, -0.2) is 4.98 Å². The van der Waals surface area contributed by atoms with Crippen LogP contribution in [0.15, 0.2) is 36.9 Å². The third kappa shape index (κ3) is 4.82. The molecule has 1 amide bonds. The maximum Gasteiger partial charge on any atom is 0.291 e. The second-order valence-corrected chi connectivity index (χ2v) is 9.84. The smallest absolute Gasteiger partial charge is 0.291 e. The number of aliphatic hydroxyl groups excluding tert-OH is 1. The van der Waals surface area contributed by atoms with E-state index in [2.05, 4.69) is 11.6 Å². The molecule has 186 valence electrons. The summed E-state index contributed by atoms with van der Waals surface area (Å²) in [6, 6.07) is 6.10. The largest absolute Gasteiger partial charge is 0.396 e. The van der Waals surface area contributed by atoms with Crippen molar-refractivity contribution < 1.29 is 18.7 Å². The lowest BCUT2D eigenvalue weighted by Gasteiger charge is -2.31. The number of benzene rings is 2. The number of piperidine rings is 1. The number of fused-ring (bicyclic) bond motifs is 1. The average Bonchev–Trinajstić information content (AvgIpc) is 3.17. The molecule has 0 spiro atoms. The molecule has 5 nitrogen and oxygen atoms in total. The summed E-state index contributed by atoms with van der Waals surface area (Å²) >= 11 is 13.2. The van der Waals surface area contributed by atoms with Gasteiger partial charge < -0.3 is 14.6 Å². The second kappa shape index (κ2) is 9.88. The van der Waals surface area contributed by atoms with Gasteiger partial charge in [0, 0.05) is 43.8 Å². The zero-order valence-corrected chi connectivity index (χ0v) is 21.1. The van der Waals surface area contributed by atoms with E-state index in [9.17, 15) is 18.7 Å². The van der Waals surface area contributed by atoms with Gasteiger partial charge in [-0.1, -0.05) is 29.8 Å². The Labute approximate surface area is 213 Å². The Morgan fingerprint density at radius 2 is 1.97 bits per heavy atom. The van der Waals surface area contributed by atoms with Crippen molar-refractivity contribution in [3.8, 4) is 0 Å². The monoisotopic (exact) mass is 521 g/mol. The van der Waals surface area contributed by atoms with Crippen LogP contribution >= 0.6 is 23.2 Å². The van der Waals surface area contributed by atoms with Crippen molar-refractivity contribution in [2.24, 2.45) is 13.0 Å². The van der Waals surface area contributed by atoms with Crippen LogP contribution in [0.5, 0.6) is 0 Å². The standard InChI is InChI=1S/C26H27Cl2F2N3O2/c1-4-26(29,30)17-11-15(2)24-21(12-17)32(3)22(31-24)13-19-20(27)6-5-18(23(19)28)25(35)33-9-7-16(14-34)8-10-33/h4-6,11-12,16,34H,1,7-10,13-14H2,2-3H3. The predicted molar refractivity (Wildman–Crippen MR) is 135 cm³/mol. The van der Waals surface area contributed by atoms with E-state index in [4.69, 9.17) is 23.2 Å². The highest BCUT2D eigenvalue weighted by molar-refractivity contribution is 6.38. The molecule has 0 unspecified atom stereocenters. The Bertz CT molecular complexity index is 1300. The average molecular weight is 522 g/mol. The van der Waals surface area contributed by atoms with Gasteiger partial charge >= 0.3 is 0 Å². The van der Waals surface area contributed by atoms with Gasteiger partial charge in [0.25, 0.3) is 11.8 Å². The van der Waals surface area contributed by atoms with Crippen LogP contribution in [0.1, 0.15) is 45.7 Å². The number of hydrogen-bond donors (Lipinski definition) is 1. The van der Waals surface area contributed by atoms with E-state index in [1.165, 1.54) is 12.1 Å². The third-order valence-electron chi connectivity index (χ3n) is 6.82. The first-order valence-electron chi connectivity index (χ1n) is 11.4. The molecule has 4 rings (SSSR count). The number of likely N-dealkylation sites (tertiary alicyclic amines) is 1. The molecule has 0 radical (unpaired) electrons. The Morgan fingerprint density at radius 3 is 2.60 bits per heavy atom. The maximum absolute atomic E-state index is 14.3. The van der Waals surface area contributed by atoms with Gasteiger partial charge in [0.05, 0.1) is 21.6 Å². The molecule has 2 aromatic carbocycles. The van der Waals surface area contributed by atoms with Crippen LogP contribution in [0, 0.1) is 12.8 Å². The Balaban J connectivity index is 1.68. The van der Waals surface area contributed by atoms with Crippen molar-refractivity contribution in [2.45, 2.75) is 32.1 Å². The molecule has 1 aliphatic rings. The predicted octanol–water partition coefficient (Wildman–Crippen LogP) is 5.90. The van der Waals surface area contributed by atoms with Crippen molar-refractivity contribution in [1.29, 1.82) is 0 Å². The molecule has 1 N–H and O–H groups in total. The molecule has 1 aliphatic heterocycles. The molecule has 0 atom stereocenters. The maximum atomic E-state index is 14.3. The fourth-order valence-electron chi connectivity index (χ4n) is 4.55. The van der Waals surface area contributed by atoms with Crippen LogP contribution in [0.4, 0.5) is 8.78 Å². The molecule has 1 saturated heterocycles. The number of rotatable bonds is 6. The molecule has 1 aromatic heterocycles. The summed E-state index contributed by atoms with van der Waals surface area (Å²) in [7, 11) is 1.75. The summed E-state index contributed by atoms with van der Waals surface area (Å²) in [6.07, 6.45) is 2.33. The van der Waals surface area contributed by atoms with Crippen LogP contribution < -0.4 is 0 Å². The minimum atomic E-state index is -3.16. The molecule has 3 aromatic rings. The van der Waals surface area contributed by atoms with Crippen LogP contribution in [0.2, 0.25) is 10.0 Å². The number of hydrogen-bond acceptors (Lipinski definition) is 3. The van der Waals surface area contributed by atoms with E-state index in [0.717, 1.165) is 12.8 Å². The van der Waals surface area contributed by atoms with Gasteiger partial charge in [0.2, 0.25) is 0 Å². The minimum Gasteiger partial charge on any atom is -0.396 e. The van der Waals surface area contributed by atoms with E-state index in [1.807, 2.05) is 0 Å². The third-order valence-corrected chi connectivity index (χ3v) is 7.61. The summed E-state index contributed by atoms with van der Waals surface area (Å²) in [5.74, 6) is -2.54. The van der Waals surface area contributed by atoms with E-state index >= 15 is 0 Å². The number of nitrogens with zero attached hydrogens (tertiary/aromatic N) is 3. The van der Waals surface area contributed by atoms with Gasteiger partial charge in [-0.2, -0.15) is 8.78 Å². The fourth-order valence-corrected chi connectivity index (χ4v) is 5.13. The van der Waals surface area contributed by atoms with Crippen LogP contribution in [-0.2, 0) is 19.4 Å². The molecule has 0 saturated carbocycles. The second-order valence-electron chi connectivity index (χ2n) is 9.06. The number of carbonyl (C=O) groups is 1. The highest BCUT2D eigenvalue weighted by atomic mass is 35.5. The van der Waals surface area contributed by atoms with E-state index in [-0.39, 0.29) is 35.4 Å². The summed E-state index contributed by atoms with van der Waals surface area (Å²) in [6.45, 7) is 6.21. The van der Waals surface area contributed by atoms with Gasteiger partial charge in [-0.15, -0.1) is 0 Å². The number of alkyl halides is 2. The highest BCUT2D eigenvalue weighted by Gasteiger charge is 2.29. The van der Waals surface area contributed by atoms with Crippen molar-refractivity contribution >= 4 is 40.1 Å². The lowest BCUT2D eigenvalue weighted by Crippen LogP contribution is -2.39. The highest BCUT2D eigenvalue weighted by Crippen LogP contribution is 2.35. The summed E-state index contributed by atoms with van der Waals surface area (Å²) in [5.41, 5.74) is 2.54. The van der Waals surface area contributed by atoms with Crippen molar-refractivity contribution in [3.05, 3.63) is 75.0 Å². The van der Waals surface area contributed by atoms with Gasteiger partial charge in [0.1, 0.15) is 5.82 Å². The van der Waals surface area contributed by atoms with Crippen molar-refractivity contribution in [1.82, 2.24) is 14.5 Å². The van der Waals surface area contributed by atoms with E-state index in [0.29, 0.717) is 57.7 Å². The Kier molecular flexibility index (Phi) is 7.23. The number of allylic oxidation sites excluding steroid dienone is 1. The number of aliphatic hydroxyl groups is 1. The number of amides is 1. The van der Waals surface area contributed by atoms with Crippen LogP contribution in [-0.4, -0.2) is 45.2 Å². The Hall–Kier alpha value is -2.48. The molecule has 0 bridgehead atoms. The molecule has 9 heteroatoms. The van der Waals surface area contributed by atoms with Crippen LogP contribution in [0.25, 0.3) is 11.0 Å². The quantitative estimate of drug-likeness (QED) is 0.410. The lowest BCUT2D eigenvalue weighted by molar-refractivity contribution is 0.0526. The molecular formula is C26H27Cl2F2N3O2. The van der Waals surface area contributed by atoms with Gasteiger partial charge in [-0.3, -0.25) is 4.79 Å². The molecule has 1 fully saturated rings. The molecule has 2 heterocycles. The van der Waals surface area contributed by atoms with E-state index in [1.54, 1.807) is 35.6 Å². The van der Waals surface area contributed by atoms with Gasteiger partial charge in [0.15, 0.2) is 0 Å². The zero-order chi connectivity index (χ0) is 25.5. The van der Waals surface area contributed by atoms with Crippen molar-refractivity contribution in [2.75, 3.05) is 19.7 Å². The summed E-state index contributed by atoms with van der Waals surface area (Å²) < 4.78 is 30.3. The Morgan fingerprint density at radius 1 is 1.29 bits per heavy atom. The number of carbonyl (C=O) groups excluding carboxylic acids is 1. The van der Waals surface area contributed by atoms with E-state index < -0.39 is 5.92 Å². The SMILES string of the molecule is C=CC(F)(F)c1cc(C)c2nc(Cc3c(Cl)ccc(C(=O)N4CCC(CO)CC4)c3Cl)n(C)c2c1. The zero-order valence-electron chi connectivity index (χ0n) is 19.6. The number of imidazole rings is 1. The summed E-state index contributed by atoms with van der Waals surface area (Å²) in [4.78, 5) is 19.6. The first kappa shape index (κ1) is 25.6. The first-order chi connectivity index (χ1) is 16.6. The molecule has 35 heavy (non-hydrogen) atoms. The fraction of sp³-hybridized carbons (Fsp3) is 0.385. The number of halogens is 4. The minimum absolute atomic E-state index is 0.123. The summed E-state index contributed by atoms with van der Waals surface area (Å²) in [5, 5.41) is 10.0. The normalized spacial score (nSPS) is 15.1. The lowest BCUT2D eigenvalue weighted by atomic mass is 9.97. The number of aromatic nitrogens is 2. The molecular weight excluding hydrogens is 495 g/mol. The number of aryl methyl sites for hydroxylation is 2. The van der Waals surface area contributed by atoms with Gasteiger partial charge in [-0.05, 0) is 67.2 Å². The first-order valence-corrected chi connectivity index (χ1v) is 12.2. The molecule has 0 aliphatic carbocycles. The van der Waals surface area contributed by atoms with Crippen molar-refractivity contribution in [3.63, 3.8) is 0 Å².